The molecule has 17 heavy (non-hydrogen) atoms. The third-order valence-electron chi connectivity index (χ3n) is 2.89. The average molecular weight is 229 g/mol. The molecule has 0 radical (unpaired) electrons. The zero-order valence-electron chi connectivity index (χ0n) is 9.09. The fourth-order valence-corrected chi connectivity index (χ4v) is 2.17. The molecule has 0 bridgehead atoms. The van der Waals surface area contributed by atoms with Crippen LogP contribution in [-0.4, -0.2) is 17.6 Å². The summed E-state index contributed by atoms with van der Waals surface area (Å²) in [7, 11) is 0. The second-order valence-electron chi connectivity index (χ2n) is 4.00. The lowest BCUT2D eigenvalue weighted by molar-refractivity contribution is -0.136. The van der Waals surface area contributed by atoms with Crippen LogP contribution in [0.4, 0.5) is 5.69 Å². The molecule has 1 aliphatic rings. The van der Waals surface area contributed by atoms with Gasteiger partial charge in [-0.25, -0.2) is 5.06 Å². The second kappa shape index (κ2) is 3.75. The highest BCUT2D eigenvalue weighted by atomic mass is 16.7. The van der Waals surface area contributed by atoms with Gasteiger partial charge < -0.3 is 5.11 Å². The molecule has 2 aromatic rings. The first-order valence-electron chi connectivity index (χ1n) is 5.38. The average Bonchev–Trinajstić information content (AvgIpc) is 2.72. The number of aliphatic carboxylic acids is 1. The van der Waals surface area contributed by atoms with Crippen molar-refractivity contribution in [2.24, 2.45) is 0 Å². The minimum absolute atomic E-state index is 0.138. The van der Waals surface area contributed by atoms with E-state index in [4.69, 9.17) is 9.94 Å². The van der Waals surface area contributed by atoms with Gasteiger partial charge in [-0.15, -0.1) is 0 Å². The Hall–Kier alpha value is -2.07. The quantitative estimate of drug-likeness (QED) is 0.857. The molecule has 0 saturated carbocycles. The van der Waals surface area contributed by atoms with Crippen molar-refractivity contribution in [3.05, 3.63) is 42.0 Å². The summed E-state index contributed by atoms with van der Waals surface area (Å²) in [5.74, 6) is -0.897. The second-order valence-corrected chi connectivity index (χ2v) is 4.00. The van der Waals surface area contributed by atoms with Crippen molar-refractivity contribution in [2.45, 2.75) is 6.61 Å². The molecular weight excluding hydrogens is 218 g/mol. The number of hydroxylamine groups is 1. The lowest BCUT2D eigenvalue weighted by Gasteiger charge is -2.16. The summed E-state index contributed by atoms with van der Waals surface area (Å²) in [4.78, 5) is 16.2. The molecule has 0 saturated heterocycles. The molecule has 1 heterocycles. The van der Waals surface area contributed by atoms with Crippen molar-refractivity contribution >= 4 is 22.4 Å². The molecule has 0 spiro atoms. The number of carboxylic acids is 1. The van der Waals surface area contributed by atoms with E-state index in [1.54, 1.807) is 0 Å². The number of rotatable bonds is 2. The van der Waals surface area contributed by atoms with E-state index in [2.05, 4.69) is 0 Å². The molecule has 4 heteroatoms. The fraction of sp³-hybridized carbons (Fsp3) is 0.154. The van der Waals surface area contributed by atoms with Gasteiger partial charge in [0.15, 0.2) is 0 Å². The van der Waals surface area contributed by atoms with Crippen LogP contribution in [0.5, 0.6) is 0 Å². The highest BCUT2D eigenvalue weighted by Gasteiger charge is 2.24. The Morgan fingerprint density at radius 2 is 2.12 bits per heavy atom. The summed E-state index contributed by atoms with van der Waals surface area (Å²) in [6, 6.07) is 11.9. The molecule has 0 fully saturated rings. The SMILES string of the molecule is O=C(O)CN1OCc2ccc3ccccc3c21. The van der Waals surface area contributed by atoms with Crippen molar-refractivity contribution < 1.29 is 14.7 Å². The topological polar surface area (TPSA) is 49.8 Å². The number of hydrogen-bond donors (Lipinski definition) is 1. The number of nitrogens with zero attached hydrogens (tertiary/aromatic N) is 1. The van der Waals surface area contributed by atoms with E-state index in [0.29, 0.717) is 6.61 Å². The number of benzene rings is 2. The lowest BCUT2D eigenvalue weighted by atomic mass is 10.0. The summed E-state index contributed by atoms with van der Waals surface area (Å²) in [5.41, 5.74) is 1.91. The maximum absolute atomic E-state index is 10.8. The number of anilines is 1. The lowest BCUT2D eigenvalue weighted by Crippen LogP contribution is -2.26. The molecule has 2 aromatic carbocycles. The van der Waals surface area contributed by atoms with Crippen LogP contribution >= 0.6 is 0 Å². The molecule has 1 aliphatic heterocycles. The van der Waals surface area contributed by atoms with E-state index in [9.17, 15) is 4.79 Å². The first kappa shape index (κ1) is 10.1. The summed E-state index contributed by atoms with van der Waals surface area (Å²) in [5, 5.41) is 12.4. The standard InChI is InChI=1S/C13H11NO3/c15-12(16)7-14-13-10(8-17-14)6-5-9-3-1-2-4-11(9)13/h1-6H,7-8H2,(H,15,16). The van der Waals surface area contributed by atoms with Crippen molar-refractivity contribution in [3.8, 4) is 0 Å². The smallest absolute Gasteiger partial charge is 0.325 e. The van der Waals surface area contributed by atoms with Crippen LogP contribution in [0.1, 0.15) is 5.56 Å². The van der Waals surface area contributed by atoms with Gasteiger partial charge in [0, 0.05) is 10.9 Å². The highest BCUT2D eigenvalue weighted by molar-refractivity contribution is 5.97. The molecule has 3 rings (SSSR count). The van der Waals surface area contributed by atoms with Gasteiger partial charge in [-0.1, -0.05) is 36.4 Å². The third kappa shape index (κ3) is 1.62. The van der Waals surface area contributed by atoms with Gasteiger partial charge in [0.25, 0.3) is 0 Å². The van der Waals surface area contributed by atoms with Crippen LogP contribution in [0, 0.1) is 0 Å². The summed E-state index contributed by atoms with van der Waals surface area (Å²) >= 11 is 0. The van der Waals surface area contributed by atoms with Crippen LogP contribution < -0.4 is 5.06 Å². The monoisotopic (exact) mass is 229 g/mol. The van der Waals surface area contributed by atoms with E-state index in [1.165, 1.54) is 5.06 Å². The van der Waals surface area contributed by atoms with Gasteiger partial charge >= 0.3 is 5.97 Å². The van der Waals surface area contributed by atoms with Crippen LogP contribution in [0.3, 0.4) is 0 Å². The minimum atomic E-state index is -0.897. The Kier molecular flexibility index (Phi) is 2.23. The van der Waals surface area contributed by atoms with Crippen LogP contribution in [0.2, 0.25) is 0 Å². The third-order valence-corrected chi connectivity index (χ3v) is 2.89. The maximum atomic E-state index is 10.8. The van der Waals surface area contributed by atoms with Gasteiger partial charge in [-0.2, -0.15) is 0 Å². The Labute approximate surface area is 98.0 Å². The maximum Gasteiger partial charge on any atom is 0.325 e. The van der Waals surface area contributed by atoms with Crippen LogP contribution in [0.25, 0.3) is 10.8 Å². The largest absolute Gasteiger partial charge is 0.480 e. The first-order valence-corrected chi connectivity index (χ1v) is 5.38. The number of hydrogen-bond acceptors (Lipinski definition) is 3. The van der Waals surface area contributed by atoms with E-state index in [1.807, 2.05) is 36.4 Å². The van der Waals surface area contributed by atoms with Crippen molar-refractivity contribution in [1.29, 1.82) is 0 Å². The van der Waals surface area contributed by atoms with E-state index < -0.39 is 5.97 Å². The molecule has 0 amide bonds. The predicted octanol–water partition coefficient (Wildman–Crippen LogP) is 2.18. The Bertz CT molecular complexity index is 594. The molecule has 0 aromatic heterocycles. The molecule has 4 nitrogen and oxygen atoms in total. The zero-order valence-corrected chi connectivity index (χ0v) is 9.09. The molecule has 86 valence electrons. The molecule has 0 atom stereocenters. The van der Waals surface area contributed by atoms with Crippen molar-refractivity contribution in [1.82, 2.24) is 0 Å². The van der Waals surface area contributed by atoms with Gasteiger partial charge in [-0.3, -0.25) is 9.63 Å². The number of carboxylic acid groups (broad SMARTS) is 1. The van der Waals surface area contributed by atoms with Gasteiger partial charge in [0.1, 0.15) is 13.2 Å². The van der Waals surface area contributed by atoms with Crippen LogP contribution in [-0.2, 0) is 16.2 Å². The highest BCUT2D eigenvalue weighted by Crippen LogP contribution is 2.35. The van der Waals surface area contributed by atoms with E-state index >= 15 is 0 Å². The van der Waals surface area contributed by atoms with E-state index in [-0.39, 0.29) is 6.54 Å². The molecule has 0 unspecified atom stereocenters. The zero-order chi connectivity index (χ0) is 11.8. The van der Waals surface area contributed by atoms with E-state index in [0.717, 1.165) is 22.0 Å². The molecule has 1 N–H and O–H groups in total. The van der Waals surface area contributed by atoms with Gasteiger partial charge in [0.2, 0.25) is 0 Å². The van der Waals surface area contributed by atoms with Crippen molar-refractivity contribution in [2.75, 3.05) is 11.6 Å². The number of carbonyl (C=O) groups is 1. The fourth-order valence-electron chi connectivity index (χ4n) is 2.17. The summed E-state index contributed by atoms with van der Waals surface area (Å²) in [6.45, 7) is 0.300. The molecule has 0 aliphatic carbocycles. The predicted molar refractivity (Wildman–Crippen MR) is 63.7 cm³/mol. The molecular formula is C13H11NO3. The van der Waals surface area contributed by atoms with Gasteiger partial charge in [-0.05, 0) is 5.39 Å². The summed E-state index contributed by atoms with van der Waals surface area (Å²) < 4.78 is 0. The van der Waals surface area contributed by atoms with Crippen LogP contribution in [0.15, 0.2) is 36.4 Å². The Morgan fingerprint density at radius 1 is 1.29 bits per heavy atom. The summed E-state index contributed by atoms with van der Waals surface area (Å²) in [6.07, 6.45) is 0. The minimum Gasteiger partial charge on any atom is -0.480 e. The normalized spacial score (nSPS) is 14.0. The first-order chi connectivity index (χ1) is 8.25. The Morgan fingerprint density at radius 3 is 2.94 bits per heavy atom. The Balaban J connectivity index is 2.17. The van der Waals surface area contributed by atoms with Gasteiger partial charge in [0.05, 0.1) is 5.69 Å². The van der Waals surface area contributed by atoms with Crippen molar-refractivity contribution in [3.63, 3.8) is 0 Å². The number of fused-ring (bicyclic) bond motifs is 3.